The fraction of sp³-hybridized carbons (Fsp3) is 1.00. The second-order valence-electron chi connectivity index (χ2n) is 4.54. The molecule has 0 spiro atoms. The molecule has 0 aromatic carbocycles. The van der Waals surface area contributed by atoms with Crippen molar-refractivity contribution in [1.82, 2.24) is 0 Å². The molecule has 0 aromatic heterocycles. The lowest BCUT2D eigenvalue weighted by Crippen LogP contribution is -2.35. The quantitative estimate of drug-likeness (QED) is 0.673. The first-order valence-electron chi connectivity index (χ1n) is 5.42. The lowest BCUT2D eigenvalue weighted by Gasteiger charge is -2.25. The van der Waals surface area contributed by atoms with Gasteiger partial charge in [-0.05, 0) is 37.0 Å². The highest BCUT2D eigenvalue weighted by atomic mass is 14.7. The van der Waals surface area contributed by atoms with Crippen molar-refractivity contribution in [2.24, 2.45) is 23.5 Å². The Balaban J connectivity index is 2.28. The van der Waals surface area contributed by atoms with Crippen LogP contribution in [0.1, 0.15) is 46.5 Å². The van der Waals surface area contributed by atoms with Gasteiger partial charge in [0.25, 0.3) is 0 Å². The molecule has 3 unspecified atom stereocenters. The van der Waals surface area contributed by atoms with E-state index in [0.29, 0.717) is 12.0 Å². The number of hydrogen-bond donors (Lipinski definition) is 1. The molecule has 1 fully saturated rings. The van der Waals surface area contributed by atoms with E-state index in [4.69, 9.17) is 5.73 Å². The van der Waals surface area contributed by atoms with Crippen LogP contribution < -0.4 is 5.73 Å². The topological polar surface area (TPSA) is 26.0 Å². The van der Waals surface area contributed by atoms with Gasteiger partial charge < -0.3 is 5.73 Å². The van der Waals surface area contributed by atoms with E-state index >= 15 is 0 Å². The van der Waals surface area contributed by atoms with Gasteiger partial charge in [0, 0.05) is 6.04 Å². The fourth-order valence-electron chi connectivity index (χ4n) is 2.10. The maximum Gasteiger partial charge on any atom is 0.00930 e. The lowest BCUT2D eigenvalue weighted by molar-refractivity contribution is 0.301. The van der Waals surface area contributed by atoms with Crippen LogP contribution in [0, 0.1) is 17.8 Å². The third kappa shape index (κ3) is 2.48. The predicted octanol–water partition coefficient (Wildman–Crippen LogP) is 2.80. The Hall–Kier alpha value is -0.0400. The molecule has 0 aliphatic heterocycles. The van der Waals surface area contributed by atoms with Crippen LogP contribution in [0.5, 0.6) is 0 Å². The third-order valence-electron chi connectivity index (χ3n) is 3.37. The molecule has 0 heterocycles. The van der Waals surface area contributed by atoms with Crippen LogP contribution in [0.4, 0.5) is 0 Å². The van der Waals surface area contributed by atoms with Gasteiger partial charge in [0.1, 0.15) is 0 Å². The summed E-state index contributed by atoms with van der Waals surface area (Å²) in [6.07, 6.45) is 5.41. The largest absolute Gasteiger partial charge is 0.327 e. The van der Waals surface area contributed by atoms with Gasteiger partial charge in [0.15, 0.2) is 0 Å². The Morgan fingerprint density at radius 2 is 1.92 bits per heavy atom. The Labute approximate surface area is 76.7 Å². The molecule has 2 N–H and O–H groups in total. The van der Waals surface area contributed by atoms with Crippen LogP contribution in [0.3, 0.4) is 0 Å². The van der Waals surface area contributed by atoms with Crippen molar-refractivity contribution < 1.29 is 0 Å². The molecule has 1 aliphatic rings. The van der Waals surface area contributed by atoms with E-state index in [1.165, 1.54) is 25.7 Å². The van der Waals surface area contributed by atoms with Crippen molar-refractivity contribution in [3.8, 4) is 0 Å². The summed E-state index contributed by atoms with van der Waals surface area (Å²) in [5.41, 5.74) is 6.19. The first kappa shape index (κ1) is 10.0. The van der Waals surface area contributed by atoms with Gasteiger partial charge in [-0.1, -0.05) is 27.2 Å². The zero-order valence-electron chi connectivity index (χ0n) is 8.72. The minimum Gasteiger partial charge on any atom is -0.327 e. The van der Waals surface area contributed by atoms with E-state index in [1.807, 2.05) is 0 Å². The molecule has 1 saturated carbocycles. The summed E-state index contributed by atoms with van der Waals surface area (Å²) in [7, 11) is 0. The molecule has 0 radical (unpaired) electrons. The highest BCUT2D eigenvalue weighted by Gasteiger charge is 2.33. The van der Waals surface area contributed by atoms with Crippen molar-refractivity contribution >= 4 is 0 Å². The zero-order chi connectivity index (χ0) is 9.14. The van der Waals surface area contributed by atoms with Crippen LogP contribution in [0.2, 0.25) is 0 Å². The molecular weight excluding hydrogens is 146 g/mol. The summed E-state index contributed by atoms with van der Waals surface area (Å²) in [6.45, 7) is 6.87. The van der Waals surface area contributed by atoms with E-state index in [-0.39, 0.29) is 0 Å². The summed E-state index contributed by atoms with van der Waals surface area (Å²) in [5, 5.41) is 0. The molecule has 0 saturated heterocycles. The van der Waals surface area contributed by atoms with Gasteiger partial charge in [-0.2, -0.15) is 0 Å². The molecule has 12 heavy (non-hydrogen) atoms. The second-order valence-corrected chi connectivity index (χ2v) is 4.54. The van der Waals surface area contributed by atoms with Crippen LogP contribution in [0.25, 0.3) is 0 Å². The Morgan fingerprint density at radius 3 is 2.33 bits per heavy atom. The normalized spacial score (nSPS) is 25.0. The van der Waals surface area contributed by atoms with Crippen LogP contribution in [-0.4, -0.2) is 6.04 Å². The third-order valence-corrected chi connectivity index (χ3v) is 3.37. The molecular formula is C11H23N. The average Bonchev–Trinajstić information content (AvgIpc) is 2.84. The molecule has 1 nitrogen and oxygen atoms in total. The summed E-state index contributed by atoms with van der Waals surface area (Å²) >= 11 is 0. The van der Waals surface area contributed by atoms with Crippen molar-refractivity contribution in [3.05, 3.63) is 0 Å². The Bertz CT molecular complexity index is 129. The first-order valence-corrected chi connectivity index (χ1v) is 5.42. The number of hydrogen-bond acceptors (Lipinski definition) is 1. The Morgan fingerprint density at radius 1 is 1.33 bits per heavy atom. The highest BCUT2D eigenvalue weighted by Crippen LogP contribution is 2.39. The van der Waals surface area contributed by atoms with E-state index in [0.717, 1.165) is 11.8 Å². The van der Waals surface area contributed by atoms with E-state index in [2.05, 4.69) is 20.8 Å². The molecule has 0 bridgehead atoms. The van der Waals surface area contributed by atoms with E-state index in [9.17, 15) is 0 Å². The Kier molecular flexibility index (Phi) is 3.57. The SMILES string of the molecule is CCCC(C)C(N)C(C)C1CC1. The smallest absolute Gasteiger partial charge is 0.00930 e. The van der Waals surface area contributed by atoms with Gasteiger partial charge in [0.05, 0.1) is 0 Å². The molecule has 1 rings (SSSR count). The summed E-state index contributed by atoms with van der Waals surface area (Å²) in [4.78, 5) is 0. The lowest BCUT2D eigenvalue weighted by atomic mass is 9.86. The van der Waals surface area contributed by atoms with Gasteiger partial charge in [-0.25, -0.2) is 0 Å². The standard InChI is InChI=1S/C11H23N/c1-4-5-8(2)11(12)9(3)10-6-7-10/h8-11H,4-7,12H2,1-3H3. The van der Waals surface area contributed by atoms with Crippen molar-refractivity contribution in [2.45, 2.75) is 52.5 Å². The van der Waals surface area contributed by atoms with Crippen LogP contribution in [-0.2, 0) is 0 Å². The van der Waals surface area contributed by atoms with Crippen LogP contribution in [0.15, 0.2) is 0 Å². The molecule has 3 atom stereocenters. The van der Waals surface area contributed by atoms with Crippen LogP contribution >= 0.6 is 0 Å². The molecule has 1 heteroatoms. The van der Waals surface area contributed by atoms with E-state index < -0.39 is 0 Å². The van der Waals surface area contributed by atoms with Crippen molar-refractivity contribution in [3.63, 3.8) is 0 Å². The molecule has 72 valence electrons. The second kappa shape index (κ2) is 4.27. The summed E-state index contributed by atoms with van der Waals surface area (Å²) in [6, 6.07) is 0.442. The molecule has 0 aromatic rings. The number of nitrogens with two attached hydrogens (primary N) is 1. The van der Waals surface area contributed by atoms with Gasteiger partial charge in [0.2, 0.25) is 0 Å². The van der Waals surface area contributed by atoms with Crippen molar-refractivity contribution in [2.75, 3.05) is 0 Å². The molecule has 0 amide bonds. The first-order chi connectivity index (χ1) is 5.66. The maximum atomic E-state index is 6.19. The maximum absolute atomic E-state index is 6.19. The monoisotopic (exact) mass is 169 g/mol. The van der Waals surface area contributed by atoms with Crippen molar-refractivity contribution in [1.29, 1.82) is 0 Å². The average molecular weight is 169 g/mol. The fourth-order valence-corrected chi connectivity index (χ4v) is 2.10. The van der Waals surface area contributed by atoms with Gasteiger partial charge in [-0.3, -0.25) is 0 Å². The molecule has 1 aliphatic carbocycles. The summed E-state index contributed by atoms with van der Waals surface area (Å²) < 4.78 is 0. The highest BCUT2D eigenvalue weighted by molar-refractivity contribution is 4.86. The van der Waals surface area contributed by atoms with E-state index in [1.54, 1.807) is 0 Å². The minimum absolute atomic E-state index is 0.442. The van der Waals surface area contributed by atoms with Gasteiger partial charge >= 0.3 is 0 Å². The minimum atomic E-state index is 0.442. The number of rotatable bonds is 5. The van der Waals surface area contributed by atoms with Gasteiger partial charge in [-0.15, -0.1) is 0 Å². The summed E-state index contributed by atoms with van der Waals surface area (Å²) in [5.74, 6) is 2.43. The predicted molar refractivity (Wildman–Crippen MR) is 53.9 cm³/mol. The zero-order valence-corrected chi connectivity index (χ0v) is 8.72.